The van der Waals surface area contributed by atoms with Crippen LogP contribution in [0.15, 0.2) is 72.8 Å². The van der Waals surface area contributed by atoms with Gasteiger partial charge in [-0.2, -0.15) is 5.26 Å². The summed E-state index contributed by atoms with van der Waals surface area (Å²) in [4.78, 5) is 41.7. The highest BCUT2D eigenvalue weighted by Crippen LogP contribution is 2.26. The third-order valence-electron chi connectivity index (χ3n) is 7.39. The Labute approximate surface area is 261 Å². The Morgan fingerprint density at radius 2 is 1.59 bits per heavy atom. The summed E-state index contributed by atoms with van der Waals surface area (Å²) in [7, 11) is 1.74. The molecule has 0 radical (unpaired) electrons. The SMILES string of the molecule is CCCN(C)C(=O)c1cc(C(=O)N[C@H](CN[C@@H](CC)C(=O)NCC(C)C)Cc2ccccc2)cc(-c2ccccc2C#N)c1. The van der Waals surface area contributed by atoms with Crippen molar-refractivity contribution >= 4 is 17.7 Å². The highest BCUT2D eigenvalue weighted by atomic mass is 16.2. The number of benzene rings is 3. The maximum Gasteiger partial charge on any atom is 0.253 e. The van der Waals surface area contributed by atoms with Crippen LogP contribution in [0, 0.1) is 17.2 Å². The fourth-order valence-electron chi connectivity index (χ4n) is 5.00. The second-order valence-corrected chi connectivity index (χ2v) is 11.6. The van der Waals surface area contributed by atoms with Crippen LogP contribution >= 0.6 is 0 Å². The summed E-state index contributed by atoms with van der Waals surface area (Å²) < 4.78 is 0. The normalized spacial score (nSPS) is 12.2. The molecule has 0 unspecified atom stereocenters. The highest BCUT2D eigenvalue weighted by molar-refractivity contribution is 6.01. The number of hydrogen-bond acceptors (Lipinski definition) is 5. The number of nitrogens with one attached hydrogen (secondary N) is 3. The number of carbonyl (C=O) groups is 3. The summed E-state index contributed by atoms with van der Waals surface area (Å²) in [5, 5.41) is 19.2. The van der Waals surface area contributed by atoms with Crippen LogP contribution in [-0.2, 0) is 11.2 Å². The largest absolute Gasteiger partial charge is 0.354 e. The van der Waals surface area contributed by atoms with E-state index in [0.717, 1.165) is 12.0 Å². The second kappa shape index (κ2) is 17.0. The van der Waals surface area contributed by atoms with E-state index in [9.17, 15) is 19.6 Å². The lowest BCUT2D eigenvalue weighted by atomic mass is 9.95. The van der Waals surface area contributed by atoms with Crippen molar-refractivity contribution in [3.05, 3.63) is 95.1 Å². The minimum absolute atomic E-state index is 0.0609. The summed E-state index contributed by atoms with van der Waals surface area (Å²) >= 11 is 0. The van der Waals surface area contributed by atoms with Crippen LogP contribution in [0.4, 0.5) is 0 Å². The van der Waals surface area contributed by atoms with Gasteiger partial charge in [0.05, 0.1) is 17.7 Å². The Morgan fingerprint density at radius 1 is 0.909 bits per heavy atom. The van der Waals surface area contributed by atoms with Crippen LogP contribution in [0.3, 0.4) is 0 Å². The van der Waals surface area contributed by atoms with E-state index in [-0.39, 0.29) is 23.8 Å². The van der Waals surface area contributed by atoms with Gasteiger partial charge in [-0.05, 0) is 66.1 Å². The molecule has 2 atom stereocenters. The van der Waals surface area contributed by atoms with Gasteiger partial charge in [-0.3, -0.25) is 14.4 Å². The van der Waals surface area contributed by atoms with E-state index >= 15 is 0 Å². The fourth-order valence-corrected chi connectivity index (χ4v) is 5.00. The number of nitrogens with zero attached hydrogens (tertiary/aromatic N) is 2. The highest BCUT2D eigenvalue weighted by Gasteiger charge is 2.22. The van der Waals surface area contributed by atoms with Crippen molar-refractivity contribution in [1.82, 2.24) is 20.9 Å². The molecule has 232 valence electrons. The Morgan fingerprint density at radius 3 is 2.25 bits per heavy atom. The first-order chi connectivity index (χ1) is 21.2. The molecule has 0 aromatic heterocycles. The average Bonchev–Trinajstić information content (AvgIpc) is 3.03. The van der Waals surface area contributed by atoms with Gasteiger partial charge in [0.15, 0.2) is 0 Å². The van der Waals surface area contributed by atoms with E-state index in [0.29, 0.717) is 66.2 Å². The van der Waals surface area contributed by atoms with Crippen LogP contribution in [-0.4, -0.2) is 61.4 Å². The van der Waals surface area contributed by atoms with Gasteiger partial charge >= 0.3 is 0 Å². The van der Waals surface area contributed by atoms with Crippen molar-refractivity contribution in [1.29, 1.82) is 5.26 Å². The van der Waals surface area contributed by atoms with E-state index in [4.69, 9.17) is 0 Å². The zero-order valence-corrected chi connectivity index (χ0v) is 26.5. The summed E-state index contributed by atoms with van der Waals surface area (Å²) in [5.74, 6) is -0.253. The third kappa shape index (κ3) is 9.78. The van der Waals surface area contributed by atoms with E-state index in [2.05, 4.69) is 35.9 Å². The van der Waals surface area contributed by atoms with Gasteiger partial charge in [0, 0.05) is 43.9 Å². The first-order valence-electron chi connectivity index (χ1n) is 15.4. The van der Waals surface area contributed by atoms with Gasteiger partial charge < -0.3 is 20.9 Å². The van der Waals surface area contributed by atoms with Crippen molar-refractivity contribution in [2.75, 3.05) is 26.7 Å². The number of amides is 3. The molecule has 0 aliphatic rings. The van der Waals surface area contributed by atoms with Gasteiger partial charge in [-0.25, -0.2) is 0 Å². The summed E-state index contributed by atoms with van der Waals surface area (Å²) in [5.41, 5.74) is 3.47. The first kappa shape index (κ1) is 34.0. The van der Waals surface area contributed by atoms with Gasteiger partial charge in [0.25, 0.3) is 11.8 Å². The molecule has 0 saturated carbocycles. The lowest BCUT2D eigenvalue weighted by molar-refractivity contribution is -0.123. The number of rotatable bonds is 15. The first-order valence-corrected chi connectivity index (χ1v) is 15.4. The minimum atomic E-state index is -0.395. The van der Waals surface area contributed by atoms with Crippen molar-refractivity contribution in [3.63, 3.8) is 0 Å². The van der Waals surface area contributed by atoms with Crippen molar-refractivity contribution in [3.8, 4) is 17.2 Å². The maximum absolute atomic E-state index is 13.9. The Kier molecular flexibility index (Phi) is 13.1. The molecule has 3 N–H and O–H groups in total. The van der Waals surface area contributed by atoms with E-state index in [1.165, 1.54) is 0 Å². The number of hydrogen-bond donors (Lipinski definition) is 3. The molecule has 0 aliphatic heterocycles. The lowest BCUT2D eigenvalue weighted by Crippen LogP contribution is -2.50. The Bertz CT molecular complexity index is 1450. The zero-order chi connectivity index (χ0) is 32.1. The Balaban J connectivity index is 1.94. The van der Waals surface area contributed by atoms with Gasteiger partial charge in [0.1, 0.15) is 0 Å². The molecule has 8 heteroatoms. The molecule has 0 spiro atoms. The van der Waals surface area contributed by atoms with Crippen LogP contribution in [0.2, 0.25) is 0 Å². The lowest BCUT2D eigenvalue weighted by Gasteiger charge is -2.24. The molecule has 8 nitrogen and oxygen atoms in total. The molecule has 0 saturated heterocycles. The fraction of sp³-hybridized carbons (Fsp3) is 0.389. The molecule has 3 amide bonds. The predicted molar refractivity (Wildman–Crippen MR) is 175 cm³/mol. The van der Waals surface area contributed by atoms with Crippen LogP contribution in [0.5, 0.6) is 0 Å². The smallest absolute Gasteiger partial charge is 0.253 e. The van der Waals surface area contributed by atoms with Crippen molar-refractivity contribution in [2.45, 2.75) is 59.0 Å². The quantitative estimate of drug-likeness (QED) is 0.224. The molecule has 0 aliphatic carbocycles. The summed E-state index contributed by atoms with van der Waals surface area (Å²) in [6, 6.07) is 23.6. The summed E-state index contributed by atoms with van der Waals surface area (Å²) in [6.45, 7) is 9.60. The second-order valence-electron chi connectivity index (χ2n) is 11.6. The standard InChI is InChI=1S/C36H45N5O3/c1-6-17-41(5)36(44)30-20-28(32-16-12-11-15-27(32)22-37)19-29(21-30)34(42)40-31(18-26-13-9-8-10-14-26)24-38-33(7-2)35(43)39-23-25(3)4/h8-16,19-21,25,31,33,38H,6-7,17-18,23-24H2,1-5H3,(H,39,43)(H,40,42)/t31-,33-/m0/s1. The molecule has 3 aromatic rings. The van der Waals surface area contributed by atoms with Gasteiger partial charge in [0.2, 0.25) is 5.91 Å². The molecule has 44 heavy (non-hydrogen) atoms. The molecule has 0 bridgehead atoms. The van der Waals surface area contributed by atoms with Crippen molar-refractivity contribution in [2.24, 2.45) is 5.92 Å². The molecule has 0 fully saturated rings. The zero-order valence-electron chi connectivity index (χ0n) is 26.5. The number of carbonyl (C=O) groups excluding carboxylic acids is 3. The summed E-state index contributed by atoms with van der Waals surface area (Å²) in [6.07, 6.45) is 1.95. The molecule has 3 aromatic carbocycles. The molecular weight excluding hydrogens is 550 g/mol. The average molecular weight is 596 g/mol. The predicted octanol–water partition coefficient (Wildman–Crippen LogP) is 5.19. The van der Waals surface area contributed by atoms with E-state index in [1.54, 1.807) is 42.3 Å². The van der Waals surface area contributed by atoms with E-state index < -0.39 is 6.04 Å². The topological polar surface area (TPSA) is 114 Å². The molecular formula is C36H45N5O3. The van der Waals surface area contributed by atoms with Gasteiger partial charge in [-0.1, -0.05) is 76.2 Å². The van der Waals surface area contributed by atoms with E-state index in [1.807, 2.05) is 56.3 Å². The van der Waals surface area contributed by atoms with Crippen molar-refractivity contribution < 1.29 is 14.4 Å². The monoisotopic (exact) mass is 595 g/mol. The van der Waals surface area contributed by atoms with Crippen LogP contribution in [0.1, 0.15) is 72.4 Å². The van der Waals surface area contributed by atoms with Crippen LogP contribution < -0.4 is 16.0 Å². The minimum Gasteiger partial charge on any atom is -0.354 e. The van der Waals surface area contributed by atoms with Gasteiger partial charge in [-0.15, -0.1) is 0 Å². The third-order valence-corrected chi connectivity index (χ3v) is 7.39. The molecule has 3 rings (SSSR count). The molecule has 0 heterocycles. The number of nitriles is 1. The maximum atomic E-state index is 13.9. The Hall–Kier alpha value is -4.48. The van der Waals surface area contributed by atoms with Crippen LogP contribution in [0.25, 0.3) is 11.1 Å².